The summed E-state index contributed by atoms with van der Waals surface area (Å²) in [5.41, 5.74) is 1.02. The molecule has 1 amide bonds. The molecule has 1 N–H and O–H groups in total. The van der Waals surface area contributed by atoms with Gasteiger partial charge in [0, 0.05) is 31.3 Å². The second-order valence-electron chi connectivity index (χ2n) is 4.35. The molecule has 1 aromatic heterocycles. The second-order valence-corrected chi connectivity index (χ2v) is 4.35. The van der Waals surface area contributed by atoms with E-state index in [9.17, 15) is 4.79 Å². The molecular weight excluding hydrogens is 200 g/mol. The van der Waals surface area contributed by atoms with Crippen molar-refractivity contribution in [3.8, 4) is 0 Å². The van der Waals surface area contributed by atoms with E-state index in [-0.39, 0.29) is 5.91 Å². The van der Waals surface area contributed by atoms with Crippen LogP contribution in [0.5, 0.6) is 0 Å². The largest absolute Gasteiger partial charge is 0.356 e. The van der Waals surface area contributed by atoms with Gasteiger partial charge in [0.25, 0.3) is 0 Å². The number of carbonyl (C=O) groups excluding carboxylic acids is 1. The SMILES string of the molecule is CC(C)CCC(=O)NCCc1ccccn1. The first-order valence-corrected chi connectivity index (χ1v) is 5.85. The first-order valence-electron chi connectivity index (χ1n) is 5.85. The maximum atomic E-state index is 11.4. The van der Waals surface area contributed by atoms with Gasteiger partial charge in [0.15, 0.2) is 0 Å². The molecule has 0 saturated carbocycles. The quantitative estimate of drug-likeness (QED) is 0.798. The monoisotopic (exact) mass is 220 g/mol. The fraction of sp³-hybridized carbons (Fsp3) is 0.538. The Morgan fingerprint density at radius 1 is 1.44 bits per heavy atom. The van der Waals surface area contributed by atoms with Crippen molar-refractivity contribution in [2.24, 2.45) is 5.92 Å². The molecule has 16 heavy (non-hydrogen) atoms. The van der Waals surface area contributed by atoms with E-state index in [1.165, 1.54) is 0 Å². The summed E-state index contributed by atoms with van der Waals surface area (Å²) in [6, 6.07) is 5.83. The Labute approximate surface area is 97.3 Å². The second kappa shape index (κ2) is 6.99. The molecule has 0 aliphatic heterocycles. The smallest absolute Gasteiger partial charge is 0.220 e. The first kappa shape index (κ1) is 12.7. The molecule has 0 aromatic carbocycles. The molecule has 0 saturated heterocycles. The highest BCUT2D eigenvalue weighted by Gasteiger charge is 2.02. The summed E-state index contributed by atoms with van der Waals surface area (Å²) in [7, 11) is 0. The Hall–Kier alpha value is -1.38. The van der Waals surface area contributed by atoms with Gasteiger partial charge < -0.3 is 5.32 Å². The van der Waals surface area contributed by atoms with Crippen LogP contribution in [0.3, 0.4) is 0 Å². The minimum absolute atomic E-state index is 0.143. The Morgan fingerprint density at radius 3 is 2.88 bits per heavy atom. The minimum atomic E-state index is 0.143. The normalized spacial score (nSPS) is 10.4. The lowest BCUT2D eigenvalue weighted by Crippen LogP contribution is -2.25. The van der Waals surface area contributed by atoms with Crippen LogP contribution in [0.15, 0.2) is 24.4 Å². The van der Waals surface area contributed by atoms with Gasteiger partial charge in [-0.25, -0.2) is 0 Å². The Balaban J connectivity index is 2.13. The summed E-state index contributed by atoms with van der Waals surface area (Å²) in [5, 5.41) is 2.91. The molecule has 0 fully saturated rings. The maximum Gasteiger partial charge on any atom is 0.220 e. The highest BCUT2D eigenvalue weighted by Crippen LogP contribution is 2.02. The zero-order valence-corrected chi connectivity index (χ0v) is 10.1. The Bertz CT molecular complexity index is 309. The van der Waals surface area contributed by atoms with Crippen LogP contribution < -0.4 is 5.32 Å². The number of pyridine rings is 1. The van der Waals surface area contributed by atoms with Gasteiger partial charge in [0.1, 0.15) is 0 Å². The lowest BCUT2D eigenvalue weighted by Gasteiger charge is -2.06. The summed E-state index contributed by atoms with van der Waals surface area (Å²) in [6.45, 7) is 4.93. The van der Waals surface area contributed by atoms with Crippen LogP contribution in [-0.4, -0.2) is 17.4 Å². The lowest BCUT2D eigenvalue weighted by atomic mass is 10.1. The molecule has 0 bridgehead atoms. The standard InChI is InChI=1S/C13H20N2O/c1-11(2)6-7-13(16)15-10-8-12-5-3-4-9-14-12/h3-5,9,11H,6-8,10H2,1-2H3,(H,15,16). The third-order valence-electron chi connectivity index (χ3n) is 2.38. The third kappa shape index (κ3) is 5.49. The van der Waals surface area contributed by atoms with Crippen LogP contribution in [0.1, 0.15) is 32.4 Å². The number of amides is 1. The molecule has 1 heterocycles. The zero-order chi connectivity index (χ0) is 11.8. The van der Waals surface area contributed by atoms with Gasteiger partial charge in [-0.3, -0.25) is 9.78 Å². The fourth-order valence-electron chi connectivity index (χ4n) is 1.38. The highest BCUT2D eigenvalue weighted by molar-refractivity contribution is 5.75. The number of aromatic nitrogens is 1. The number of hydrogen-bond acceptors (Lipinski definition) is 2. The van der Waals surface area contributed by atoms with Gasteiger partial charge in [-0.1, -0.05) is 19.9 Å². The number of rotatable bonds is 6. The van der Waals surface area contributed by atoms with Crippen molar-refractivity contribution in [3.63, 3.8) is 0 Å². The van der Waals surface area contributed by atoms with Crippen molar-refractivity contribution >= 4 is 5.91 Å². The van der Waals surface area contributed by atoms with E-state index in [2.05, 4.69) is 24.1 Å². The zero-order valence-electron chi connectivity index (χ0n) is 10.1. The highest BCUT2D eigenvalue weighted by atomic mass is 16.1. The molecular formula is C13H20N2O. The predicted molar refractivity (Wildman–Crippen MR) is 65.0 cm³/mol. The van der Waals surface area contributed by atoms with Crippen molar-refractivity contribution in [2.45, 2.75) is 33.1 Å². The Morgan fingerprint density at radius 2 is 2.25 bits per heavy atom. The number of nitrogens with zero attached hydrogens (tertiary/aromatic N) is 1. The molecule has 0 aliphatic rings. The molecule has 0 spiro atoms. The summed E-state index contributed by atoms with van der Waals surface area (Å²) in [5.74, 6) is 0.728. The van der Waals surface area contributed by atoms with Crippen LogP contribution in [-0.2, 0) is 11.2 Å². The summed E-state index contributed by atoms with van der Waals surface area (Å²) in [6.07, 6.45) is 4.15. The molecule has 0 atom stereocenters. The number of hydrogen-bond donors (Lipinski definition) is 1. The molecule has 88 valence electrons. The van der Waals surface area contributed by atoms with Crippen molar-refractivity contribution < 1.29 is 4.79 Å². The van der Waals surface area contributed by atoms with Crippen LogP contribution in [0.4, 0.5) is 0 Å². The molecule has 1 rings (SSSR count). The molecule has 0 radical (unpaired) electrons. The number of nitrogens with one attached hydrogen (secondary N) is 1. The molecule has 0 aliphatic carbocycles. The topological polar surface area (TPSA) is 42.0 Å². The van der Waals surface area contributed by atoms with Crippen LogP contribution in [0, 0.1) is 5.92 Å². The van der Waals surface area contributed by atoms with E-state index in [1.54, 1.807) is 6.20 Å². The third-order valence-corrected chi connectivity index (χ3v) is 2.38. The summed E-state index contributed by atoms with van der Waals surface area (Å²) >= 11 is 0. The molecule has 0 unspecified atom stereocenters. The van der Waals surface area contributed by atoms with Crippen molar-refractivity contribution in [1.29, 1.82) is 0 Å². The van der Waals surface area contributed by atoms with Gasteiger partial charge >= 0.3 is 0 Å². The van der Waals surface area contributed by atoms with Crippen molar-refractivity contribution in [3.05, 3.63) is 30.1 Å². The van der Waals surface area contributed by atoms with E-state index in [0.717, 1.165) is 18.5 Å². The predicted octanol–water partition coefficient (Wildman–Crippen LogP) is 2.18. The van der Waals surface area contributed by atoms with Crippen molar-refractivity contribution in [2.75, 3.05) is 6.54 Å². The average Bonchev–Trinajstić information content (AvgIpc) is 2.28. The van der Waals surface area contributed by atoms with Gasteiger partial charge in [0.05, 0.1) is 0 Å². The fourth-order valence-corrected chi connectivity index (χ4v) is 1.38. The first-order chi connectivity index (χ1) is 7.68. The van der Waals surface area contributed by atoms with Crippen LogP contribution in [0.25, 0.3) is 0 Å². The van der Waals surface area contributed by atoms with E-state index < -0.39 is 0 Å². The lowest BCUT2D eigenvalue weighted by molar-refractivity contribution is -0.121. The Kier molecular flexibility index (Phi) is 5.54. The van der Waals surface area contributed by atoms with Crippen LogP contribution in [0.2, 0.25) is 0 Å². The van der Waals surface area contributed by atoms with E-state index >= 15 is 0 Å². The average molecular weight is 220 g/mol. The van der Waals surface area contributed by atoms with E-state index in [4.69, 9.17) is 0 Å². The molecule has 1 aromatic rings. The van der Waals surface area contributed by atoms with Gasteiger partial charge in [-0.05, 0) is 24.5 Å². The van der Waals surface area contributed by atoms with Gasteiger partial charge in [0.2, 0.25) is 5.91 Å². The molecule has 3 heteroatoms. The summed E-state index contributed by atoms with van der Waals surface area (Å²) < 4.78 is 0. The summed E-state index contributed by atoms with van der Waals surface area (Å²) in [4.78, 5) is 15.6. The van der Waals surface area contributed by atoms with Gasteiger partial charge in [-0.2, -0.15) is 0 Å². The van der Waals surface area contributed by atoms with E-state index in [1.807, 2.05) is 18.2 Å². The van der Waals surface area contributed by atoms with Gasteiger partial charge in [-0.15, -0.1) is 0 Å². The minimum Gasteiger partial charge on any atom is -0.356 e. The van der Waals surface area contributed by atoms with Crippen LogP contribution >= 0.6 is 0 Å². The maximum absolute atomic E-state index is 11.4. The molecule has 3 nitrogen and oxygen atoms in total. The van der Waals surface area contributed by atoms with Crippen molar-refractivity contribution in [1.82, 2.24) is 10.3 Å². The number of carbonyl (C=O) groups is 1. The van der Waals surface area contributed by atoms with E-state index in [0.29, 0.717) is 18.9 Å².